The van der Waals surface area contributed by atoms with E-state index < -0.39 is 46.8 Å². The van der Waals surface area contributed by atoms with E-state index in [-0.39, 0.29) is 28.9 Å². The Balaban J connectivity index is 2.04. The minimum atomic E-state index is -2.27. The summed E-state index contributed by atoms with van der Waals surface area (Å²) in [5.74, 6) is -4.85. The molecule has 0 spiro atoms. The van der Waals surface area contributed by atoms with Crippen LogP contribution in [0.2, 0.25) is 0 Å². The monoisotopic (exact) mass is 562 g/mol. The number of nitrogens with one attached hydrogen (secondary N) is 1. The summed E-state index contributed by atoms with van der Waals surface area (Å²) < 4.78 is 30.5. The van der Waals surface area contributed by atoms with Gasteiger partial charge in [0.2, 0.25) is 0 Å². The van der Waals surface area contributed by atoms with Crippen molar-refractivity contribution in [3.05, 3.63) is 101 Å². The Morgan fingerprint density at radius 3 is 2.24 bits per heavy atom. The van der Waals surface area contributed by atoms with Gasteiger partial charge in [0.15, 0.2) is 5.54 Å². The number of fused-ring (bicyclic) bond motifs is 1. The molecule has 9 nitrogen and oxygen atoms in total. The lowest BCUT2D eigenvalue weighted by Gasteiger charge is -2.37. The number of hydrogen-bond acceptors (Lipinski definition) is 7. The van der Waals surface area contributed by atoms with Crippen LogP contribution >= 0.6 is 0 Å². The average molecular weight is 563 g/mol. The first-order chi connectivity index (χ1) is 19.4. The van der Waals surface area contributed by atoms with Gasteiger partial charge in [0, 0.05) is 5.56 Å². The number of esters is 2. The van der Waals surface area contributed by atoms with Crippen LogP contribution in [-0.2, 0) is 35.9 Å². The molecule has 1 aliphatic rings. The summed E-state index contributed by atoms with van der Waals surface area (Å²) in [4.78, 5) is 56.0. The van der Waals surface area contributed by atoms with E-state index in [1.54, 1.807) is 45.0 Å². The fourth-order valence-corrected chi connectivity index (χ4v) is 5.06. The molecule has 41 heavy (non-hydrogen) atoms. The van der Waals surface area contributed by atoms with Crippen molar-refractivity contribution in [2.75, 3.05) is 19.1 Å². The number of nitrogens with zero attached hydrogens (tertiary/aromatic N) is 1. The zero-order valence-electron chi connectivity index (χ0n) is 23.4. The van der Waals surface area contributed by atoms with Crippen molar-refractivity contribution in [2.45, 2.75) is 44.4 Å². The van der Waals surface area contributed by atoms with Gasteiger partial charge in [-0.25, -0.2) is 14.0 Å². The van der Waals surface area contributed by atoms with Crippen LogP contribution in [0, 0.1) is 5.82 Å². The molecule has 214 valence electrons. The van der Waals surface area contributed by atoms with Crippen LogP contribution in [0.25, 0.3) is 0 Å². The average Bonchev–Trinajstić information content (AvgIpc) is 3.14. The molecule has 0 fully saturated rings. The van der Waals surface area contributed by atoms with E-state index >= 15 is 0 Å². The van der Waals surface area contributed by atoms with Crippen molar-refractivity contribution < 1.29 is 37.8 Å². The van der Waals surface area contributed by atoms with Crippen LogP contribution in [0.15, 0.2) is 72.8 Å². The summed E-state index contributed by atoms with van der Waals surface area (Å²) in [6.45, 7) is 4.95. The number of anilines is 1. The number of hydrogen-bond donors (Lipinski definition) is 1. The Bertz CT molecular complexity index is 1490. The number of alkyl carbamates (subject to hydrolysis) is 1. The van der Waals surface area contributed by atoms with Crippen molar-refractivity contribution in [2.24, 2.45) is 0 Å². The summed E-state index contributed by atoms with van der Waals surface area (Å²) >= 11 is 0. The Morgan fingerprint density at radius 1 is 0.951 bits per heavy atom. The summed E-state index contributed by atoms with van der Waals surface area (Å²) in [6.07, 6.45) is -1.04. The third-order valence-corrected chi connectivity index (χ3v) is 6.69. The predicted octanol–water partition coefficient (Wildman–Crippen LogP) is 4.84. The molecule has 0 unspecified atom stereocenters. The molecule has 3 aromatic rings. The second kappa shape index (κ2) is 11.4. The third-order valence-electron chi connectivity index (χ3n) is 6.69. The molecular formula is C31H31FN2O7. The van der Waals surface area contributed by atoms with Crippen LogP contribution in [0.4, 0.5) is 14.9 Å². The first-order valence-electron chi connectivity index (χ1n) is 12.8. The number of carbonyl (C=O) groups is 4. The lowest BCUT2D eigenvalue weighted by atomic mass is 9.73. The molecule has 0 bridgehead atoms. The number of ether oxygens (including phenoxy) is 3. The van der Waals surface area contributed by atoms with E-state index in [1.165, 1.54) is 36.3 Å². The van der Waals surface area contributed by atoms with Gasteiger partial charge in [-0.3, -0.25) is 9.59 Å². The molecule has 1 aliphatic heterocycles. The topological polar surface area (TPSA) is 111 Å². The van der Waals surface area contributed by atoms with Crippen molar-refractivity contribution in [3.63, 3.8) is 0 Å². The Morgan fingerprint density at radius 2 is 1.61 bits per heavy atom. The molecule has 1 heterocycles. The highest BCUT2D eigenvalue weighted by Gasteiger charge is 2.61. The van der Waals surface area contributed by atoms with Crippen LogP contribution < -0.4 is 10.2 Å². The van der Waals surface area contributed by atoms with E-state index in [1.807, 2.05) is 18.2 Å². The molecular weight excluding hydrogens is 531 g/mol. The lowest BCUT2D eigenvalue weighted by Crippen LogP contribution is -2.59. The normalized spacial score (nSPS) is 16.9. The number of methoxy groups -OCH3 is 2. The van der Waals surface area contributed by atoms with Gasteiger partial charge in [0.05, 0.1) is 32.0 Å². The SMILES string of the molecule is COC(=O)c1ccccc1[C@@H](C(=O)OC)[C@]1(NC(=O)OC(C)(C)C)C(=O)N(Cc2ccccc2)c2ccc(F)cc21. The first kappa shape index (κ1) is 29.3. The van der Waals surface area contributed by atoms with Gasteiger partial charge in [-0.1, -0.05) is 48.5 Å². The second-order valence-corrected chi connectivity index (χ2v) is 10.5. The number of benzene rings is 3. The highest BCUT2D eigenvalue weighted by Crippen LogP contribution is 2.50. The van der Waals surface area contributed by atoms with Gasteiger partial charge < -0.3 is 24.4 Å². The fourth-order valence-electron chi connectivity index (χ4n) is 5.06. The van der Waals surface area contributed by atoms with Crippen LogP contribution in [0.1, 0.15) is 53.7 Å². The smallest absolute Gasteiger partial charge is 0.408 e. The molecule has 0 aromatic heterocycles. The Kier molecular flexibility index (Phi) is 8.14. The molecule has 2 atom stereocenters. The highest BCUT2D eigenvalue weighted by atomic mass is 19.1. The van der Waals surface area contributed by atoms with E-state index in [9.17, 15) is 23.6 Å². The van der Waals surface area contributed by atoms with Crippen molar-refractivity contribution in [1.29, 1.82) is 0 Å². The Hall–Kier alpha value is -4.73. The summed E-state index contributed by atoms with van der Waals surface area (Å²) in [7, 11) is 2.29. The quantitative estimate of drug-likeness (QED) is 0.324. The standard InChI is InChI=1S/C31H31FN2O7/c1-30(2,3)41-29(38)33-31(25(27(36)40-5)21-13-9-10-14-22(21)26(35)39-4)23-17-20(32)15-16-24(23)34(28(31)37)18-19-11-7-6-8-12-19/h6-17,25H,18H2,1-5H3,(H,33,38)/t25-,31-/m0/s1. The summed E-state index contributed by atoms with van der Waals surface area (Å²) in [5.41, 5.74) is -2.25. The van der Waals surface area contributed by atoms with E-state index in [4.69, 9.17) is 14.2 Å². The van der Waals surface area contributed by atoms with Crippen molar-refractivity contribution in [1.82, 2.24) is 5.32 Å². The molecule has 0 saturated carbocycles. The van der Waals surface area contributed by atoms with Crippen molar-refractivity contribution >= 4 is 29.6 Å². The number of rotatable bonds is 7. The maximum Gasteiger partial charge on any atom is 0.408 e. The molecule has 2 amide bonds. The van der Waals surface area contributed by atoms with Crippen molar-refractivity contribution in [3.8, 4) is 0 Å². The maximum absolute atomic E-state index is 14.9. The number of halogens is 1. The van der Waals surface area contributed by atoms with Crippen LogP contribution in [0.5, 0.6) is 0 Å². The third kappa shape index (κ3) is 5.63. The molecule has 0 radical (unpaired) electrons. The molecule has 0 saturated heterocycles. The van der Waals surface area contributed by atoms with Gasteiger partial charge in [-0.15, -0.1) is 0 Å². The van der Waals surface area contributed by atoms with E-state index in [2.05, 4.69) is 5.32 Å². The number of amides is 2. The lowest BCUT2D eigenvalue weighted by molar-refractivity contribution is -0.147. The highest BCUT2D eigenvalue weighted by molar-refractivity contribution is 6.13. The summed E-state index contributed by atoms with van der Waals surface area (Å²) in [6, 6.07) is 18.7. The van der Waals surface area contributed by atoms with Gasteiger partial charge in [-0.05, 0) is 56.2 Å². The minimum absolute atomic E-state index is 0.000593. The Labute approximate surface area is 237 Å². The van der Waals surface area contributed by atoms with E-state index in [0.29, 0.717) is 0 Å². The zero-order chi connectivity index (χ0) is 29.9. The molecule has 10 heteroatoms. The largest absolute Gasteiger partial charge is 0.468 e. The minimum Gasteiger partial charge on any atom is -0.468 e. The van der Waals surface area contributed by atoms with E-state index in [0.717, 1.165) is 18.7 Å². The van der Waals surface area contributed by atoms with Crippen LogP contribution in [-0.4, -0.2) is 43.8 Å². The van der Waals surface area contributed by atoms with Gasteiger partial charge in [0.1, 0.15) is 17.3 Å². The fraction of sp³-hybridized carbons (Fsp3) is 0.290. The van der Waals surface area contributed by atoms with Gasteiger partial charge in [-0.2, -0.15) is 0 Å². The van der Waals surface area contributed by atoms with Gasteiger partial charge >= 0.3 is 18.0 Å². The van der Waals surface area contributed by atoms with Crippen LogP contribution in [0.3, 0.4) is 0 Å². The van der Waals surface area contributed by atoms with Gasteiger partial charge in [0.25, 0.3) is 5.91 Å². The predicted molar refractivity (Wildman–Crippen MR) is 148 cm³/mol. The zero-order valence-corrected chi connectivity index (χ0v) is 23.4. The summed E-state index contributed by atoms with van der Waals surface area (Å²) in [5, 5.41) is 2.62. The molecule has 4 rings (SSSR count). The maximum atomic E-state index is 14.9. The first-order valence-corrected chi connectivity index (χ1v) is 12.8. The molecule has 3 aromatic carbocycles. The number of carbonyl (C=O) groups excluding carboxylic acids is 4. The second-order valence-electron chi connectivity index (χ2n) is 10.5. The molecule has 1 N–H and O–H groups in total. The molecule has 0 aliphatic carbocycles.